The van der Waals surface area contributed by atoms with E-state index in [0.717, 1.165) is 16.9 Å². The number of nitrogens with zero attached hydrogens (tertiary/aromatic N) is 3. The number of methoxy groups -OCH3 is 1. The number of carbonyl (C=O) groups excluding carboxylic acids is 1. The number of nitrogens with two attached hydrogens (primary N) is 1. The first-order valence-electron chi connectivity index (χ1n) is 7.87. The van der Waals surface area contributed by atoms with Gasteiger partial charge in [0.15, 0.2) is 11.5 Å². The van der Waals surface area contributed by atoms with Gasteiger partial charge >= 0.3 is 0 Å². The Morgan fingerprint density at radius 1 is 1.31 bits per heavy atom. The van der Waals surface area contributed by atoms with E-state index >= 15 is 0 Å². The Balaban J connectivity index is 1.79. The zero-order valence-corrected chi connectivity index (χ0v) is 15.1. The first kappa shape index (κ1) is 17.8. The largest absolute Gasteiger partial charge is 0.497 e. The topological polar surface area (TPSA) is 95.1 Å². The Hall–Kier alpha value is -3.06. The summed E-state index contributed by atoms with van der Waals surface area (Å²) >= 11 is 5.98. The molecule has 0 saturated heterocycles. The smallest absolute Gasteiger partial charge is 0.280 e. The number of aryl methyl sites for hydroxylation is 1. The van der Waals surface area contributed by atoms with Gasteiger partial charge in [-0.3, -0.25) is 4.79 Å². The molecule has 3 rings (SSSR count). The maximum absolute atomic E-state index is 12.5. The zero-order chi connectivity index (χ0) is 18.7. The molecule has 1 aromatic heterocycles. The molecule has 26 heavy (non-hydrogen) atoms. The molecule has 0 unspecified atom stereocenters. The second kappa shape index (κ2) is 7.45. The molecule has 0 aliphatic heterocycles. The number of carbonyl (C=O) groups is 1. The summed E-state index contributed by atoms with van der Waals surface area (Å²) in [5.74, 6) is 0.477. The molecule has 2 aromatic carbocycles. The van der Waals surface area contributed by atoms with Gasteiger partial charge in [0.25, 0.3) is 5.91 Å². The van der Waals surface area contributed by atoms with E-state index in [9.17, 15) is 4.79 Å². The number of nitrogens with one attached hydrogen (secondary N) is 1. The van der Waals surface area contributed by atoms with Gasteiger partial charge in [-0.1, -0.05) is 35.0 Å². The fraction of sp³-hybridized carbons (Fsp3) is 0.167. The summed E-state index contributed by atoms with van der Waals surface area (Å²) in [7, 11) is 1.60. The minimum atomic E-state index is -0.440. The molecule has 0 spiro atoms. The summed E-state index contributed by atoms with van der Waals surface area (Å²) in [6.07, 6.45) is 0. The lowest BCUT2D eigenvalue weighted by atomic mass is 10.2. The van der Waals surface area contributed by atoms with Crippen LogP contribution in [-0.4, -0.2) is 28.0 Å². The van der Waals surface area contributed by atoms with Gasteiger partial charge < -0.3 is 15.8 Å². The van der Waals surface area contributed by atoms with Crippen LogP contribution in [0.1, 0.15) is 21.6 Å². The number of hydrogen-bond donors (Lipinski definition) is 2. The molecule has 8 heteroatoms. The molecule has 7 nitrogen and oxygen atoms in total. The van der Waals surface area contributed by atoms with Gasteiger partial charge in [0.2, 0.25) is 0 Å². The number of halogens is 1. The van der Waals surface area contributed by atoms with Gasteiger partial charge in [-0.25, -0.2) is 4.68 Å². The van der Waals surface area contributed by atoms with Crippen molar-refractivity contribution < 1.29 is 9.53 Å². The molecule has 0 radical (unpaired) electrons. The molecule has 0 saturated carbocycles. The van der Waals surface area contributed by atoms with Crippen molar-refractivity contribution in [3.05, 3.63) is 64.3 Å². The third-order valence-electron chi connectivity index (χ3n) is 3.90. The summed E-state index contributed by atoms with van der Waals surface area (Å²) in [6.45, 7) is 2.24. The molecule has 0 aliphatic carbocycles. The van der Waals surface area contributed by atoms with Crippen LogP contribution in [0.4, 0.5) is 11.5 Å². The second-order valence-corrected chi connectivity index (χ2v) is 6.18. The highest BCUT2D eigenvalue weighted by atomic mass is 35.5. The quantitative estimate of drug-likeness (QED) is 0.718. The fourth-order valence-corrected chi connectivity index (χ4v) is 2.63. The van der Waals surface area contributed by atoms with E-state index in [1.165, 1.54) is 4.68 Å². The fourth-order valence-electron chi connectivity index (χ4n) is 2.45. The van der Waals surface area contributed by atoms with Crippen molar-refractivity contribution in [2.24, 2.45) is 0 Å². The van der Waals surface area contributed by atoms with Crippen LogP contribution in [0.25, 0.3) is 0 Å². The van der Waals surface area contributed by atoms with Crippen LogP contribution < -0.4 is 15.8 Å². The second-order valence-electron chi connectivity index (χ2n) is 5.75. The monoisotopic (exact) mass is 371 g/mol. The van der Waals surface area contributed by atoms with Crippen LogP contribution in [0, 0.1) is 6.92 Å². The summed E-state index contributed by atoms with van der Waals surface area (Å²) in [5, 5.41) is 11.2. The highest BCUT2D eigenvalue weighted by molar-refractivity contribution is 6.31. The van der Waals surface area contributed by atoms with Crippen molar-refractivity contribution >= 4 is 29.0 Å². The number of hydrogen-bond acceptors (Lipinski definition) is 5. The van der Waals surface area contributed by atoms with Crippen molar-refractivity contribution in [2.75, 3.05) is 18.2 Å². The number of benzene rings is 2. The van der Waals surface area contributed by atoms with E-state index in [0.29, 0.717) is 17.3 Å². The minimum Gasteiger partial charge on any atom is -0.497 e. The molecule has 134 valence electrons. The van der Waals surface area contributed by atoms with E-state index in [4.69, 9.17) is 22.1 Å². The third kappa shape index (κ3) is 3.78. The Labute approximate surface area is 155 Å². The number of nitrogen functional groups attached to an aromatic ring is 1. The van der Waals surface area contributed by atoms with Crippen LogP contribution >= 0.6 is 11.6 Å². The molecule has 0 aliphatic rings. The molecule has 0 bridgehead atoms. The van der Waals surface area contributed by atoms with E-state index < -0.39 is 5.91 Å². The average Bonchev–Trinajstić information content (AvgIpc) is 2.99. The van der Waals surface area contributed by atoms with Crippen molar-refractivity contribution in [2.45, 2.75) is 13.5 Å². The van der Waals surface area contributed by atoms with Crippen molar-refractivity contribution in [1.29, 1.82) is 0 Å². The van der Waals surface area contributed by atoms with E-state index in [2.05, 4.69) is 15.6 Å². The van der Waals surface area contributed by atoms with Gasteiger partial charge in [0, 0.05) is 10.7 Å². The van der Waals surface area contributed by atoms with Crippen LogP contribution in [0.3, 0.4) is 0 Å². The predicted octanol–water partition coefficient (Wildman–Crippen LogP) is 3.13. The van der Waals surface area contributed by atoms with Gasteiger partial charge in [0.05, 0.1) is 13.7 Å². The van der Waals surface area contributed by atoms with Crippen LogP contribution in [0.15, 0.2) is 42.5 Å². The lowest BCUT2D eigenvalue weighted by Gasteiger charge is -2.08. The van der Waals surface area contributed by atoms with E-state index in [1.54, 1.807) is 19.2 Å². The number of rotatable bonds is 5. The van der Waals surface area contributed by atoms with Gasteiger partial charge in [-0.2, -0.15) is 0 Å². The van der Waals surface area contributed by atoms with E-state index in [-0.39, 0.29) is 11.5 Å². The van der Waals surface area contributed by atoms with Crippen molar-refractivity contribution in [3.8, 4) is 5.75 Å². The molecule has 0 atom stereocenters. The first-order valence-corrected chi connectivity index (χ1v) is 8.25. The van der Waals surface area contributed by atoms with Crippen LogP contribution in [0.5, 0.6) is 5.75 Å². The maximum atomic E-state index is 12.5. The molecular weight excluding hydrogens is 354 g/mol. The Morgan fingerprint density at radius 3 is 2.88 bits per heavy atom. The Kier molecular flexibility index (Phi) is 5.09. The average molecular weight is 372 g/mol. The SMILES string of the molecule is COc1cccc(Cn2nnc(C(=O)Nc3cc(Cl)ccc3C)c2N)c1. The normalized spacial score (nSPS) is 10.6. The maximum Gasteiger partial charge on any atom is 0.280 e. The van der Waals surface area contributed by atoms with Gasteiger partial charge in [0.1, 0.15) is 5.75 Å². The lowest BCUT2D eigenvalue weighted by Crippen LogP contribution is -2.16. The lowest BCUT2D eigenvalue weighted by molar-refractivity contribution is 0.102. The molecule has 0 fully saturated rings. The van der Waals surface area contributed by atoms with Crippen molar-refractivity contribution in [1.82, 2.24) is 15.0 Å². The molecule has 1 heterocycles. The molecule has 3 aromatic rings. The Bertz CT molecular complexity index is 955. The predicted molar refractivity (Wildman–Crippen MR) is 101 cm³/mol. The van der Waals surface area contributed by atoms with Crippen LogP contribution in [-0.2, 0) is 6.54 Å². The molecule has 1 amide bonds. The van der Waals surface area contributed by atoms with E-state index in [1.807, 2.05) is 37.3 Å². The highest BCUT2D eigenvalue weighted by Crippen LogP contribution is 2.22. The van der Waals surface area contributed by atoms with Crippen LogP contribution in [0.2, 0.25) is 5.02 Å². The molecule has 3 N–H and O–H groups in total. The number of aromatic nitrogens is 3. The van der Waals surface area contributed by atoms with Gasteiger partial charge in [-0.15, -0.1) is 5.10 Å². The first-order chi connectivity index (χ1) is 12.5. The summed E-state index contributed by atoms with van der Waals surface area (Å²) in [5.41, 5.74) is 8.54. The third-order valence-corrected chi connectivity index (χ3v) is 4.14. The highest BCUT2D eigenvalue weighted by Gasteiger charge is 2.18. The summed E-state index contributed by atoms with van der Waals surface area (Å²) in [4.78, 5) is 12.5. The minimum absolute atomic E-state index is 0.0623. The Morgan fingerprint density at radius 2 is 2.12 bits per heavy atom. The van der Waals surface area contributed by atoms with Gasteiger partial charge in [-0.05, 0) is 42.3 Å². The van der Waals surface area contributed by atoms with Crippen molar-refractivity contribution in [3.63, 3.8) is 0 Å². The number of ether oxygens (including phenoxy) is 1. The summed E-state index contributed by atoms with van der Waals surface area (Å²) < 4.78 is 6.67. The number of amides is 1. The molecular formula is C18H18ClN5O2. The summed E-state index contributed by atoms with van der Waals surface area (Å²) in [6, 6.07) is 12.8. The number of anilines is 2. The zero-order valence-electron chi connectivity index (χ0n) is 14.4. The standard InChI is InChI=1S/C18H18ClN5O2/c1-11-6-7-13(19)9-15(11)21-18(25)16-17(20)24(23-22-16)10-12-4-3-5-14(8-12)26-2/h3-9H,10,20H2,1-2H3,(H,21,25).